The van der Waals surface area contributed by atoms with E-state index in [0.717, 1.165) is 12.5 Å². The van der Waals surface area contributed by atoms with Crippen LogP contribution in [0.1, 0.15) is 37.0 Å². The van der Waals surface area contributed by atoms with Crippen molar-refractivity contribution in [3.05, 3.63) is 101 Å². The predicted octanol–water partition coefficient (Wildman–Crippen LogP) is 6.12. The SMILES string of the molecule is CC(F)(F)c1cccc(NC2(C)CC(=O)N(Cc3ccccc3)C(=O)N2Cc2ccc(F)cc2)c1. The molecule has 3 aromatic carbocycles. The second kappa shape index (κ2) is 9.44. The molecule has 1 saturated heterocycles. The molecule has 1 heterocycles. The molecule has 4 rings (SSSR count). The molecule has 1 fully saturated rings. The van der Waals surface area contributed by atoms with E-state index in [-0.39, 0.29) is 31.0 Å². The molecule has 1 aliphatic rings. The van der Waals surface area contributed by atoms with Crippen molar-refractivity contribution in [1.29, 1.82) is 0 Å². The predicted molar refractivity (Wildman–Crippen MR) is 127 cm³/mol. The molecule has 0 aromatic heterocycles. The van der Waals surface area contributed by atoms with Crippen LogP contribution >= 0.6 is 0 Å². The third-order valence-corrected chi connectivity index (χ3v) is 6.07. The van der Waals surface area contributed by atoms with Gasteiger partial charge in [-0.05, 0) is 42.3 Å². The molecule has 1 aliphatic heterocycles. The Morgan fingerprint density at radius 3 is 2.23 bits per heavy atom. The second-order valence-corrected chi connectivity index (χ2v) is 9.01. The molecule has 1 unspecified atom stereocenters. The van der Waals surface area contributed by atoms with Crippen LogP contribution in [0, 0.1) is 5.82 Å². The van der Waals surface area contributed by atoms with E-state index in [1.807, 2.05) is 30.3 Å². The fraction of sp³-hybridized carbons (Fsp3) is 0.259. The molecule has 0 saturated carbocycles. The molecule has 3 amide bonds. The molecule has 1 atom stereocenters. The summed E-state index contributed by atoms with van der Waals surface area (Å²) >= 11 is 0. The highest BCUT2D eigenvalue weighted by Gasteiger charge is 2.46. The normalized spacial score (nSPS) is 18.7. The Kier molecular flexibility index (Phi) is 6.56. The van der Waals surface area contributed by atoms with Crippen LogP contribution in [-0.2, 0) is 23.8 Å². The number of carbonyl (C=O) groups excluding carboxylic acids is 2. The van der Waals surface area contributed by atoms with Crippen LogP contribution < -0.4 is 5.32 Å². The lowest BCUT2D eigenvalue weighted by Crippen LogP contribution is -2.65. The van der Waals surface area contributed by atoms with Gasteiger partial charge in [-0.3, -0.25) is 14.6 Å². The molecule has 0 spiro atoms. The molecule has 1 N–H and O–H groups in total. The van der Waals surface area contributed by atoms with Gasteiger partial charge in [-0.2, -0.15) is 0 Å². The van der Waals surface area contributed by atoms with Gasteiger partial charge in [-0.1, -0.05) is 54.6 Å². The third-order valence-electron chi connectivity index (χ3n) is 6.07. The fourth-order valence-corrected chi connectivity index (χ4v) is 4.18. The zero-order chi connectivity index (χ0) is 25.2. The molecule has 182 valence electrons. The maximum Gasteiger partial charge on any atom is 0.329 e. The first-order chi connectivity index (χ1) is 16.5. The number of carbonyl (C=O) groups is 2. The van der Waals surface area contributed by atoms with Gasteiger partial charge in [0.1, 0.15) is 11.5 Å². The van der Waals surface area contributed by atoms with Crippen LogP contribution in [-0.4, -0.2) is 27.4 Å². The minimum atomic E-state index is -3.04. The summed E-state index contributed by atoms with van der Waals surface area (Å²) in [6.07, 6.45) is -0.0838. The third kappa shape index (κ3) is 5.48. The van der Waals surface area contributed by atoms with Gasteiger partial charge >= 0.3 is 6.03 Å². The smallest absolute Gasteiger partial charge is 0.329 e. The van der Waals surface area contributed by atoms with Gasteiger partial charge in [-0.25, -0.2) is 18.0 Å². The number of halogens is 3. The number of amides is 3. The van der Waals surface area contributed by atoms with Crippen molar-refractivity contribution in [1.82, 2.24) is 9.80 Å². The lowest BCUT2D eigenvalue weighted by molar-refractivity contribution is -0.135. The highest BCUT2D eigenvalue weighted by Crippen LogP contribution is 2.34. The average molecular weight is 482 g/mol. The maximum atomic E-state index is 13.9. The summed E-state index contributed by atoms with van der Waals surface area (Å²) in [5.74, 6) is -3.84. The van der Waals surface area contributed by atoms with E-state index in [1.165, 1.54) is 40.1 Å². The first kappa shape index (κ1) is 24.3. The standard InChI is InChI=1S/C27H26F3N3O2/c1-26(31-23-10-6-9-21(15-23)27(2,29)30)16-24(34)32(17-19-7-4-3-5-8-19)25(35)33(26)18-20-11-13-22(28)14-12-20/h3-15,31H,16-18H2,1-2H3. The lowest BCUT2D eigenvalue weighted by atomic mass is 9.99. The van der Waals surface area contributed by atoms with Crippen molar-refractivity contribution >= 4 is 17.6 Å². The highest BCUT2D eigenvalue weighted by molar-refractivity contribution is 5.98. The van der Waals surface area contributed by atoms with E-state index >= 15 is 0 Å². The van der Waals surface area contributed by atoms with Crippen molar-refractivity contribution in [2.24, 2.45) is 0 Å². The number of nitrogens with zero attached hydrogens (tertiary/aromatic N) is 2. The number of benzene rings is 3. The van der Waals surface area contributed by atoms with Crippen molar-refractivity contribution < 1.29 is 22.8 Å². The largest absolute Gasteiger partial charge is 0.362 e. The van der Waals surface area contributed by atoms with E-state index < -0.39 is 23.4 Å². The molecular formula is C27H26F3N3O2. The molecular weight excluding hydrogens is 455 g/mol. The summed E-state index contributed by atoms with van der Waals surface area (Å²) in [5, 5.41) is 3.15. The van der Waals surface area contributed by atoms with Gasteiger partial charge in [0.05, 0.1) is 13.0 Å². The number of rotatable bonds is 7. The quantitative estimate of drug-likeness (QED) is 0.442. The Morgan fingerprint density at radius 2 is 1.57 bits per heavy atom. The number of urea groups is 1. The Morgan fingerprint density at radius 1 is 0.914 bits per heavy atom. The summed E-state index contributed by atoms with van der Waals surface area (Å²) < 4.78 is 41.3. The van der Waals surface area contributed by atoms with Gasteiger partial charge < -0.3 is 5.32 Å². The number of hydrogen-bond acceptors (Lipinski definition) is 3. The monoisotopic (exact) mass is 481 g/mol. The van der Waals surface area contributed by atoms with Crippen LogP contribution in [0.25, 0.3) is 0 Å². The topological polar surface area (TPSA) is 52.7 Å². The van der Waals surface area contributed by atoms with E-state index in [9.17, 15) is 22.8 Å². The Hall–Kier alpha value is -3.81. The summed E-state index contributed by atoms with van der Waals surface area (Å²) in [7, 11) is 0. The van der Waals surface area contributed by atoms with Gasteiger partial charge in [-0.15, -0.1) is 0 Å². The van der Waals surface area contributed by atoms with Crippen LogP contribution in [0.5, 0.6) is 0 Å². The summed E-state index contributed by atoms with van der Waals surface area (Å²) in [6, 6.07) is 20.1. The molecule has 35 heavy (non-hydrogen) atoms. The minimum Gasteiger partial charge on any atom is -0.362 e. The van der Waals surface area contributed by atoms with Crippen LogP contribution in [0.2, 0.25) is 0 Å². The molecule has 3 aromatic rings. The number of imide groups is 1. The number of alkyl halides is 2. The first-order valence-corrected chi connectivity index (χ1v) is 11.2. The van der Waals surface area contributed by atoms with E-state index in [4.69, 9.17) is 0 Å². The van der Waals surface area contributed by atoms with Gasteiger partial charge in [0, 0.05) is 24.7 Å². The Bertz CT molecular complexity index is 1210. The Balaban J connectivity index is 1.68. The maximum absolute atomic E-state index is 13.9. The van der Waals surface area contributed by atoms with Crippen molar-refractivity contribution in [3.63, 3.8) is 0 Å². The first-order valence-electron chi connectivity index (χ1n) is 11.2. The van der Waals surface area contributed by atoms with Crippen molar-refractivity contribution in [3.8, 4) is 0 Å². The minimum absolute atomic E-state index is 0.0838. The fourth-order valence-electron chi connectivity index (χ4n) is 4.18. The van der Waals surface area contributed by atoms with E-state index in [2.05, 4.69) is 5.32 Å². The zero-order valence-electron chi connectivity index (χ0n) is 19.5. The lowest BCUT2D eigenvalue weighted by Gasteiger charge is -2.48. The zero-order valence-corrected chi connectivity index (χ0v) is 19.5. The van der Waals surface area contributed by atoms with Gasteiger partial charge in [0.2, 0.25) is 5.91 Å². The average Bonchev–Trinajstić information content (AvgIpc) is 2.81. The molecule has 8 heteroatoms. The summed E-state index contributed by atoms with van der Waals surface area (Å²) in [4.78, 5) is 29.5. The van der Waals surface area contributed by atoms with Crippen LogP contribution in [0.4, 0.5) is 23.7 Å². The van der Waals surface area contributed by atoms with Crippen molar-refractivity contribution in [2.45, 2.75) is 44.9 Å². The molecule has 0 bridgehead atoms. The van der Waals surface area contributed by atoms with E-state index in [0.29, 0.717) is 11.3 Å². The molecule has 5 nitrogen and oxygen atoms in total. The van der Waals surface area contributed by atoms with E-state index in [1.54, 1.807) is 25.1 Å². The highest BCUT2D eigenvalue weighted by atomic mass is 19.3. The van der Waals surface area contributed by atoms with Gasteiger partial charge in [0.15, 0.2) is 0 Å². The van der Waals surface area contributed by atoms with Crippen molar-refractivity contribution in [2.75, 3.05) is 5.32 Å². The summed E-state index contributed by atoms with van der Waals surface area (Å²) in [6.45, 7) is 2.68. The molecule has 0 aliphatic carbocycles. The second-order valence-electron chi connectivity index (χ2n) is 9.01. The number of hydrogen-bond donors (Lipinski definition) is 1. The Labute approximate surface area is 202 Å². The number of anilines is 1. The molecule has 0 radical (unpaired) electrons. The van der Waals surface area contributed by atoms with Crippen LogP contribution in [0.15, 0.2) is 78.9 Å². The van der Waals surface area contributed by atoms with Gasteiger partial charge in [0.25, 0.3) is 5.92 Å². The van der Waals surface area contributed by atoms with Crippen LogP contribution in [0.3, 0.4) is 0 Å². The number of nitrogens with one attached hydrogen (secondary N) is 1. The summed E-state index contributed by atoms with van der Waals surface area (Å²) in [5.41, 5.74) is 0.418.